The summed E-state index contributed by atoms with van der Waals surface area (Å²) < 4.78 is 10.4. The first kappa shape index (κ1) is 18.3. The highest BCUT2D eigenvalue weighted by molar-refractivity contribution is 14.0. The molecule has 0 radical (unpaired) electrons. The Bertz CT molecular complexity index is 621. The minimum atomic E-state index is 0. The number of aromatic nitrogens is 1. The van der Waals surface area contributed by atoms with E-state index < -0.39 is 0 Å². The molecule has 0 bridgehead atoms. The summed E-state index contributed by atoms with van der Waals surface area (Å²) in [6.45, 7) is 4.39. The molecule has 1 heterocycles. The Balaban J connectivity index is 0.00000242. The average molecular weight is 416 g/mol. The molecular formula is C15H21IN4O2. The zero-order valence-electron chi connectivity index (χ0n) is 12.9. The quantitative estimate of drug-likeness (QED) is 0.445. The lowest BCUT2D eigenvalue weighted by atomic mass is 10.1. The monoisotopic (exact) mass is 416 g/mol. The lowest BCUT2D eigenvalue weighted by Crippen LogP contribution is -2.23. The summed E-state index contributed by atoms with van der Waals surface area (Å²) >= 11 is 0. The van der Waals surface area contributed by atoms with Crippen LogP contribution in [0.15, 0.2) is 33.8 Å². The van der Waals surface area contributed by atoms with Gasteiger partial charge in [-0.1, -0.05) is 17.3 Å². The molecule has 0 unspecified atom stereocenters. The third-order valence-electron chi connectivity index (χ3n) is 3.19. The SMILES string of the molecule is COc1ccccc1NC(N)=NCCc1c(C)noc1C.I. The van der Waals surface area contributed by atoms with Gasteiger partial charge in [0.1, 0.15) is 11.5 Å². The lowest BCUT2D eigenvalue weighted by molar-refractivity contribution is 0.392. The molecule has 0 amide bonds. The number of anilines is 1. The number of hydrogen-bond donors (Lipinski definition) is 2. The summed E-state index contributed by atoms with van der Waals surface area (Å²) in [5, 5.41) is 6.95. The van der Waals surface area contributed by atoms with Gasteiger partial charge in [0, 0.05) is 12.1 Å². The molecular weight excluding hydrogens is 395 g/mol. The Morgan fingerprint density at radius 1 is 1.36 bits per heavy atom. The molecule has 0 saturated heterocycles. The van der Waals surface area contributed by atoms with Crippen molar-refractivity contribution in [1.82, 2.24) is 5.16 Å². The summed E-state index contributed by atoms with van der Waals surface area (Å²) in [5.41, 5.74) is 8.67. The third-order valence-corrected chi connectivity index (χ3v) is 3.19. The maximum atomic E-state index is 5.89. The van der Waals surface area contributed by atoms with Crippen LogP contribution in [0.1, 0.15) is 17.0 Å². The number of aliphatic imine (C=N–C) groups is 1. The van der Waals surface area contributed by atoms with Crippen LogP contribution in [0.2, 0.25) is 0 Å². The van der Waals surface area contributed by atoms with Gasteiger partial charge in [-0.05, 0) is 32.4 Å². The van der Waals surface area contributed by atoms with Gasteiger partial charge < -0.3 is 20.3 Å². The second-order valence-corrected chi connectivity index (χ2v) is 4.64. The highest BCUT2D eigenvalue weighted by Crippen LogP contribution is 2.22. The largest absolute Gasteiger partial charge is 0.495 e. The Kier molecular flexibility index (Phi) is 7.16. The van der Waals surface area contributed by atoms with E-state index in [1.165, 1.54) is 0 Å². The summed E-state index contributed by atoms with van der Waals surface area (Å²) in [6, 6.07) is 7.55. The van der Waals surface area contributed by atoms with E-state index in [1.807, 2.05) is 38.1 Å². The fourth-order valence-electron chi connectivity index (χ4n) is 2.07. The van der Waals surface area contributed by atoms with Crippen LogP contribution in [-0.2, 0) is 6.42 Å². The molecule has 1 aromatic carbocycles. The Morgan fingerprint density at radius 3 is 2.73 bits per heavy atom. The Labute approximate surface area is 147 Å². The van der Waals surface area contributed by atoms with E-state index in [9.17, 15) is 0 Å². The number of methoxy groups -OCH3 is 1. The predicted octanol–water partition coefficient (Wildman–Crippen LogP) is 2.89. The van der Waals surface area contributed by atoms with E-state index in [-0.39, 0.29) is 24.0 Å². The number of guanidine groups is 1. The van der Waals surface area contributed by atoms with Crippen molar-refractivity contribution < 1.29 is 9.26 Å². The number of nitrogens with two attached hydrogens (primary N) is 1. The Morgan fingerprint density at radius 2 is 2.09 bits per heavy atom. The van der Waals surface area contributed by atoms with Crippen molar-refractivity contribution in [3.63, 3.8) is 0 Å². The second kappa shape index (κ2) is 8.62. The Hall–Kier alpha value is -1.77. The fourth-order valence-corrected chi connectivity index (χ4v) is 2.07. The number of nitrogens with zero attached hydrogens (tertiary/aromatic N) is 2. The first-order valence-corrected chi connectivity index (χ1v) is 6.73. The molecule has 2 rings (SSSR count). The van der Waals surface area contributed by atoms with Crippen LogP contribution in [0.25, 0.3) is 0 Å². The molecule has 0 saturated carbocycles. The van der Waals surface area contributed by atoms with Crippen LogP contribution in [0, 0.1) is 13.8 Å². The summed E-state index contributed by atoms with van der Waals surface area (Å²) in [6.07, 6.45) is 0.746. The van der Waals surface area contributed by atoms with Crippen LogP contribution in [0.5, 0.6) is 5.75 Å². The highest BCUT2D eigenvalue weighted by atomic mass is 127. The van der Waals surface area contributed by atoms with Crippen LogP contribution in [0.4, 0.5) is 5.69 Å². The van der Waals surface area contributed by atoms with E-state index in [0.29, 0.717) is 12.5 Å². The molecule has 7 heteroatoms. The maximum Gasteiger partial charge on any atom is 0.193 e. The second-order valence-electron chi connectivity index (χ2n) is 4.64. The molecule has 3 N–H and O–H groups in total. The first-order valence-electron chi connectivity index (χ1n) is 6.73. The van der Waals surface area contributed by atoms with E-state index in [1.54, 1.807) is 7.11 Å². The van der Waals surface area contributed by atoms with Crippen molar-refractivity contribution >= 4 is 35.6 Å². The normalized spacial score (nSPS) is 11.0. The average Bonchev–Trinajstić information content (AvgIpc) is 2.79. The van der Waals surface area contributed by atoms with Crippen LogP contribution < -0.4 is 15.8 Å². The van der Waals surface area contributed by atoms with Gasteiger partial charge in [0.15, 0.2) is 5.96 Å². The lowest BCUT2D eigenvalue weighted by Gasteiger charge is -2.10. The van der Waals surface area contributed by atoms with Gasteiger partial charge in [-0.3, -0.25) is 4.99 Å². The molecule has 0 aliphatic heterocycles. The van der Waals surface area contributed by atoms with Crippen molar-refractivity contribution in [1.29, 1.82) is 0 Å². The fraction of sp³-hybridized carbons (Fsp3) is 0.333. The van der Waals surface area contributed by atoms with Crippen LogP contribution in [0.3, 0.4) is 0 Å². The van der Waals surface area contributed by atoms with E-state index >= 15 is 0 Å². The number of nitrogens with one attached hydrogen (secondary N) is 1. The summed E-state index contributed by atoms with van der Waals surface area (Å²) in [4.78, 5) is 4.31. The molecule has 0 atom stereocenters. The van der Waals surface area contributed by atoms with Gasteiger partial charge in [0.25, 0.3) is 0 Å². The summed E-state index contributed by atoms with van der Waals surface area (Å²) in [5.74, 6) is 1.91. The summed E-state index contributed by atoms with van der Waals surface area (Å²) in [7, 11) is 1.62. The minimum absolute atomic E-state index is 0. The van der Waals surface area contributed by atoms with Crippen LogP contribution in [-0.4, -0.2) is 24.8 Å². The number of aryl methyl sites for hydroxylation is 2. The van der Waals surface area contributed by atoms with Gasteiger partial charge in [0.05, 0.1) is 18.5 Å². The molecule has 0 aliphatic carbocycles. The molecule has 2 aromatic rings. The van der Waals surface area contributed by atoms with Gasteiger partial charge in [-0.25, -0.2) is 0 Å². The number of para-hydroxylation sites is 2. The van der Waals surface area contributed by atoms with Crippen molar-refractivity contribution in [3.8, 4) is 5.75 Å². The molecule has 1 aromatic heterocycles. The van der Waals surface area contributed by atoms with Gasteiger partial charge in [0.2, 0.25) is 0 Å². The number of hydrogen-bond acceptors (Lipinski definition) is 4. The molecule has 0 fully saturated rings. The highest BCUT2D eigenvalue weighted by Gasteiger charge is 2.08. The van der Waals surface area contributed by atoms with Crippen molar-refractivity contribution in [2.45, 2.75) is 20.3 Å². The number of halogens is 1. The molecule has 120 valence electrons. The third kappa shape index (κ3) is 4.62. The van der Waals surface area contributed by atoms with Crippen molar-refractivity contribution in [2.75, 3.05) is 19.0 Å². The first-order chi connectivity index (χ1) is 10.1. The van der Waals surface area contributed by atoms with Gasteiger partial charge in [-0.2, -0.15) is 0 Å². The predicted molar refractivity (Wildman–Crippen MR) is 98.2 cm³/mol. The molecule has 22 heavy (non-hydrogen) atoms. The minimum Gasteiger partial charge on any atom is -0.495 e. The van der Waals surface area contributed by atoms with Crippen molar-refractivity contribution in [3.05, 3.63) is 41.3 Å². The van der Waals surface area contributed by atoms with Gasteiger partial charge in [-0.15, -0.1) is 24.0 Å². The number of ether oxygens (including phenoxy) is 1. The van der Waals surface area contributed by atoms with Crippen LogP contribution >= 0.6 is 24.0 Å². The number of rotatable bonds is 5. The topological polar surface area (TPSA) is 85.7 Å². The smallest absolute Gasteiger partial charge is 0.193 e. The number of benzene rings is 1. The van der Waals surface area contributed by atoms with Crippen molar-refractivity contribution in [2.24, 2.45) is 10.7 Å². The van der Waals surface area contributed by atoms with Gasteiger partial charge >= 0.3 is 0 Å². The molecule has 0 aliphatic rings. The van der Waals surface area contributed by atoms with E-state index in [0.717, 1.165) is 34.9 Å². The molecule has 0 spiro atoms. The zero-order valence-corrected chi connectivity index (χ0v) is 15.3. The van der Waals surface area contributed by atoms with E-state index in [2.05, 4.69) is 15.5 Å². The zero-order chi connectivity index (χ0) is 15.2. The maximum absolute atomic E-state index is 5.89. The standard InChI is InChI=1S/C15H20N4O2.HI/c1-10-12(11(2)21-19-10)8-9-17-15(16)18-13-6-4-5-7-14(13)20-3;/h4-7H,8-9H2,1-3H3,(H3,16,17,18);1H. The van der Waals surface area contributed by atoms with E-state index in [4.69, 9.17) is 15.0 Å². The molecule has 6 nitrogen and oxygen atoms in total.